The molecule has 2 heterocycles. The van der Waals surface area contributed by atoms with Crippen LogP contribution >= 0.6 is 0 Å². The molecule has 3 fully saturated rings. The molecule has 5 rings (SSSR count). The van der Waals surface area contributed by atoms with Crippen molar-refractivity contribution in [3.05, 3.63) is 64.7 Å². The van der Waals surface area contributed by atoms with Crippen molar-refractivity contribution in [3.63, 3.8) is 0 Å². The molecule has 0 bridgehead atoms. The van der Waals surface area contributed by atoms with Gasteiger partial charge in [-0.3, -0.25) is 4.79 Å². The third kappa shape index (κ3) is 5.57. The second kappa shape index (κ2) is 11.2. The molecule has 2 aliphatic heterocycles. The highest BCUT2D eigenvalue weighted by atomic mass is 16.5. The van der Waals surface area contributed by atoms with Crippen LogP contribution in [0.15, 0.2) is 42.5 Å². The van der Waals surface area contributed by atoms with Crippen LogP contribution in [0.2, 0.25) is 0 Å². The highest BCUT2D eigenvalue weighted by Gasteiger charge is 2.27. The number of hydrogen-bond donors (Lipinski definition) is 2. The smallest absolute Gasteiger partial charge is 0.319 e. The molecule has 1 saturated carbocycles. The lowest BCUT2D eigenvalue weighted by Crippen LogP contribution is -2.38. The number of nitrogens with one attached hydrogen (secondary N) is 2. The zero-order chi connectivity index (χ0) is 24.9. The average molecular weight is 486 g/mol. The molecule has 3 aliphatic rings. The molecule has 2 aromatic rings. The Hall–Kier alpha value is -3.30. The van der Waals surface area contributed by atoms with Crippen molar-refractivity contribution in [1.29, 1.82) is 0 Å². The van der Waals surface area contributed by atoms with Crippen molar-refractivity contribution in [2.45, 2.75) is 50.4 Å². The monoisotopic (exact) mass is 485 g/mol. The third-order valence-corrected chi connectivity index (χ3v) is 8.00. The number of anilines is 1. The Labute approximate surface area is 213 Å². The maximum atomic E-state index is 13.4. The molecule has 0 spiro atoms. The largest absolute Gasteiger partial charge is 0.381 e. The van der Waals surface area contributed by atoms with Gasteiger partial charge in [0.2, 0.25) is 0 Å². The number of urea groups is 1. The van der Waals surface area contributed by atoms with Crippen LogP contribution in [0.25, 0.3) is 0 Å². The Morgan fingerprint density at radius 3 is 2.42 bits per heavy atom. The predicted molar refractivity (Wildman–Crippen MR) is 141 cm³/mol. The minimum Gasteiger partial charge on any atom is -0.381 e. The van der Waals surface area contributed by atoms with Gasteiger partial charge in [-0.2, -0.15) is 0 Å². The van der Waals surface area contributed by atoms with Gasteiger partial charge < -0.3 is 20.3 Å². The van der Waals surface area contributed by atoms with E-state index in [9.17, 15) is 9.59 Å². The lowest BCUT2D eigenvalue weighted by atomic mass is 9.79. The first kappa shape index (κ1) is 24.4. The van der Waals surface area contributed by atoms with E-state index in [0.29, 0.717) is 36.5 Å². The molecule has 3 amide bonds. The van der Waals surface area contributed by atoms with Crippen LogP contribution in [0.5, 0.6) is 0 Å². The van der Waals surface area contributed by atoms with Crippen molar-refractivity contribution in [1.82, 2.24) is 10.2 Å². The summed E-state index contributed by atoms with van der Waals surface area (Å²) in [4.78, 5) is 28.0. The molecule has 0 radical (unpaired) electrons. The van der Waals surface area contributed by atoms with Crippen molar-refractivity contribution in [2.75, 3.05) is 38.2 Å². The second-order valence-corrected chi connectivity index (χ2v) is 10.3. The van der Waals surface area contributed by atoms with Gasteiger partial charge >= 0.3 is 6.03 Å². The zero-order valence-electron chi connectivity index (χ0n) is 20.8. The highest BCUT2D eigenvalue weighted by molar-refractivity contribution is 5.97. The van der Waals surface area contributed by atoms with Gasteiger partial charge in [0, 0.05) is 49.0 Å². The first-order chi connectivity index (χ1) is 17.6. The van der Waals surface area contributed by atoms with Crippen molar-refractivity contribution >= 4 is 17.6 Å². The molecule has 0 aromatic heterocycles. The summed E-state index contributed by atoms with van der Waals surface area (Å²) >= 11 is 0. The van der Waals surface area contributed by atoms with Gasteiger partial charge in [-0.1, -0.05) is 30.5 Å². The number of hydrogen-bond acceptors (Lipinski definition) is 3. The van der Waals surface area contributed by atoms with Crippen LogP contribution in [-0.4, -0.2) is 49.7 Å². The van der Waals surface area contributed by atoms with Gasteiger partial charge in [-0.05, 0) is 79.3 Å². The van der Waals surface area contributed by atoms with Gasteiger partial charge in [-0.15, -0.1) is 6.42 Å². The SMILES string of the molecule is C#Cc1ccc(C2CCN(C(=O)c3ccc(C4CCC4)c(NC(=O)NC[C@H]4CCOC4)c3)CC2)cc1. The lowest BCUT2D eigenvalue weighted by Gasteiger charge is -2.33. The quantitative estimate of drug-likeness (QED) is 0.559. The molecule has 1 atom stereocenters. The Balaban J connectivity index is 1.23. The Bertz CT molecular complexity index is 1120. The summed E-state index contributed by atoms with van der Waals surface area (Å²) in [6, 6.07) is 13.8. The molecule has 1 aliphatic carbocycles. The Morgan fingerprint density at radius 2 is 1.78 bits per heavy atom. The van der Waals surface area contributed by atoms with Gasteiger partial charge in [-0.25, -0.2) is 4.79 Å². The number of amides is 3. The summed E-state index contributed by atoms with van der Waals surface area (Å²) in [5, 5.41) is 6.02. The maximum Gasteiger partial charge on any atom is 0.319 e. The van der Waals surface area contributed by atoms with Gasteiger partial charge in [0.1, 0.15) is 0 Å². The summed E-state index contributed by atoms with van der Waals surface area (Å²) in [5.74, 6) is 3.95. The first-order valence-corrected chi connectivity index (χ1v) is 13.2. The molecule has 2 saturated heterocycles. The van der Waals surface area contributed by atoms with Crippen LogP contribution in [0, 0.1) is 18.3 Å². The fourth-order valence-electron chi connectivity index (χ4n) is 5.47. The Kier molecular flexibility index (Phi) is 7.58. The number of terminal acetylenes is 1. The van der Waals surface area contributed by atoms with E-state index in [4.69, 9.17) is 11.2 Å². The number of piperidine rings is 1. The van der Waals surface area contributed by atoms with E-state index < -0.39 is 0 Å². The van der Waals surface area contributed by atoms with E-state index in [0.717, 1.165) is 68.6 Å². The summed E-state index contributed by atoms with van der Waals surface area (Å²) in [6.07, 6.45) is 11.8. The molecule has 2 aromatic carbocycles. The molecule has 0 unspecified atom stereocenters. The van der Waals surface area contributed by atoms with Gasteiger partial charge in [0.25, 0.3) is 5.91 Å². The summed E-state index contributed by atoms with van der Waals surface area (Å²) in [6.45, 7) is 3.50. The lowest BCUT2D eigenvalue weighted by molar-refractivity contribution is 0.0713. The first-order valence-electron chi connectivity index (χ1n) is 13.2. The second-order valence-electron chi connectivity index (χ2n) is 10.3. The van der Waals surface area contributed by atoms with Gasteiger partial charge in [0.05, 0.1) is 6.61 Å². The maximum absolute atomic E-state index is 13.4. The number of ether oxygens (including phenoxy) is 1. The van der Waals surface area contributed by atoms with Crippen molar-refractivity contribution in [3.8, 4) is 12.3 Å². The van der Waals surface area contributed by atoms with Crippen LogP contribution in [0.4, 0.5) is 10.5 Å². The highest BCUT2D eigenvalue weighted by Crippen LogP contribution is 2.40. The number of nitrogens with zero attached hydrogens (tertiary/aromatic N) is 1. The molecule has 2 N–H and O–H groups in total. The summed E-state index contributed by atoms with van der Waals surface area (Å²) in [7, 11) is 0. The predicted octanol–water partition coefficient (Wildman–Crippen LogP) is 5.11. The zero-order valence-corrected chi connectivity index (χ0v) is 20.8. The van der Waals surface area contributed by atoms with E-state index in [2.05, 4.69) is 28.7 Å². The van der Waals surface area contributed by atoms with Crippen LogP contribution in [0.3, 0.4) is 0 Å². The molecule has 36 heavy (non-hydrogen) atoms. The van der Waals surface area contributed by atoms with Crippen molar-refractivity contribution in [2.24, 2.45) is 5.92 Å². The Morgan fingerprint density at radius 1 is 1.00 bits per heavy atom. The molecule has 188 valence electrons. The molecular formula is C30H35N3O3. The van der Waals surface area contributed by atoms with E-state index in [1.54, 1.807) is 0 Å². The van der Waals surface area contributed by atoms with Gasteiger partial charge in [0.15, 0.2) is 0 Å². The van der Waals surface area contributed by atoms with Crippen molar-refractivity contribution < 1.29 is 14.3 Å². The average Bonchev–Trinajstić information content (AvgIpc) is 3.41. The number of carbonyl (C=O) groups excluding carboxylic acids is 2. The number of carbonyl (C=O) groups is 2. The number of benzene rings is 2. The fraction of sp³-hybridized carbons (Fsp3) is 0.467. The third-order valence-electron chi connectivity index (χ3n) is 8.00. The van der Waals surface area contributed by atoms with Crippen LogP contribution in [-0.2, 0) is 4.74 Å². The normalized spacial score (nSPS) is 20.4. The van der Waals surface area contributed by atoms with E-state index in [-0.39, 0.29) is 11.9 Å². The van der Waals surface area contributed by atoms with Crippen LogP contribution in [0.1, 0.15) is 77.4 Å². The molecule has 6 heteroatoms. The fourth-order valence-corrected chi connectivity index (χ4v) is 5.47. The van der Waals surface area contributed by atoms with Crippen LogP contribution < -0.4 is 10.6 Å². The molecule has 6 nitrogen and oxygen atoms in total. The minimum atomic E-state index is -0.219. The number of rotatable bonds is 6. The number of likely N-dealkylation sites (tertiary alicyclic amines) is 1. The molecular weight excluding hydrogens is 450 g/mol. The topological polar surface area (TPSA) is 70.7 Å². The minimum absolute atomic E-state index is 0.0304. The van der Waals surface area contributed by atoms with E-state index >= 15 is 0 Å². The van der Waals surface area contributed by atoms with E-state index in [1.807, 2.05) is 35.2 Å². The van der Waals surface area contributed by atoms with E-state index in [1.165, 1.54) is 12.0 Å². The summed E-state index contributed by atoms with van der Waals surface area (Å²) < 4.78 is 5.40. The standard InChI is InChI=1S/C30H35N3O3/c1-2-21-6-8-23(9-7-21)24-12-15-33(16-13-24)29(34)26-10-11-27(25-4-3-5-25)28(18-26)32-30(35)31-19-22-14-17-36-20-22/h1,6-11,18,22,24-25H,3-5,12-17,19-20H2,(H2,31,32,35)/t22-/m1/s1. The summed E-state index contributed by atoms with van der Waals surface area (Å²) in [5.41, 5.74) is 4.70.